The predicted octanol–water partition coefficient (Wildman–Crippen LogP) is 5.14. The van der Waals surface area contributed by atoms with Gasteiger partial charge in [-0.25, -0.2) is 0 Å². The minimum absolute atomic E-state index is 0.132. The number of piperidine rings is 1. The Morgan fingerprint density at radius 3 is 2.39 bits per heavy atom. The Balaban J connectivity index is 1.72. The third-order valence-electron chi connectivity index (χ3n) is 4.89. The van der Waals surface area contributed by atoms with Crippen molar-refractivity contribution in [3.63, 3.8) is 0 Å². The van der Waals surface area contributed by atoms with Crippen LogP contribution in [-0.2, 0) is 4.79 Å². The zero-order valence-electron chi connectivity index (χ0n) is 16.6. The van der Waals surface area contributed by atoms with E-state index in [2.05, 4.69) is 36.6 Å². The number of hydrogen-bond acceptors (Lipinski definition) is 3. The molecule has 0 unspecified atom stereocenters. The summed E-state index contributed by atoms with van der Waals surface area (Å²) < 4.78 is 5.46. The standard InChI is InChI=1S/C22H27N3O2S/c1-15(2)16-7-9-17(10-8-16)23-22(28)24-18-11-12-20(27-3)19(14-18)25-13-5-4-6-21(25)26/h7-12,14-15H,4-6,13H2,1-3H3,(H2,23,24,28). The number of thiocarbonyl (C=S) groups is 1. The van der Waals surface area contributed by atoms with Crippen LogP contribution in [0.25, 0.3) is 0 Å². The molecule has 2 aromatic rings. The van der Waals surface area contributed by atoms with Crippen LogP contribution in [0.15, 0.2) is 42.5 Å². The topological polar surface area (TPSA) is 53.6 Å². The molecule has 0 atom stereocenters. The molecule has 3 rings (SSSR count). The number of rotatable bonds is 5. The number of benzene rings is 2. The number of carbonyl (C=O) groups excluding carboxylic acids is 1. The van der Waals surface area contributed by atoms with E-state index in [-0.39, 0.29) is 5.91 Å². The highest BCUT2D eigenvalue weighted by Crippen LogP contribution is 2.33. The average Bonchev–Trinajstić information content (AvgIpc) is 2.68. The Hall–Kier alpha value is -2.60. The molecule has 28 heavy (non-hydrogen) atoms. The molecule has 1 saturated heterocycles. The first kappa shape index (κ1) is 20.1. The van der Waals surface area contributed by atoms with Gasteiger partial charge in [-0.1, -0.05) is 26.0 Å². The molecule has 6 heteroatoms. The molecule has 1 heterocycles. The van der Waals surface area contributed by atoms with E-state index in [1.54, 1.807) is 12.0 Å². The number of anilines is 3. The lowest BCUT2D eigenvalue weighted by atomic mass is 10.0. The molecule has 1 fully saturated rings. The molecule has 2 aromatic carbocycles. The van der Waals surface area contributed by atoms with Crippen LogP contribution in [-0.4, -0.2) is 24.7 Å². The molecule has 148 valence electrons. The second-order valence-electron chi connectivity index (χ2n) is 7.24. The maximum Gasteiger partial charge on any atom is 0.227 e. The molecule has 1 aliphatic rings. The van der Waals surface area contributed by atoms with Crippen LogP contribution < -0.4 is 20.3 Å². The minimum Gasteiger partial charge on any atom is -0.495 e. The summed E-state index contributed by atoms with van der Waals surface area (Å²) in [6.45, 7) is 5.05. The molecular weight excluding hydrogens is 370 g/mol. The minimum atomic E-state index is 0.132. The number of ether oxygens (including phenoxy) is 1. The van der Waals surface area contributed by atoms with Gasteiger partial charge in [0.05, 0.1) is 12.8 Å². The largest absolute Gasteiger partial charge is 0.495 e. The van der Waals surface area contributed by atoms with Gasteiger partial charge in [0.25, 0.3) is 0 Å². The molecule has 0 saturated carbocycles. The number of nitrogens with zero attached hydrogens (tertiary/aromatic N) is 1. The zero-order chi connectivity index (χ0) is 20.1. The van der Waals surface area contributed by atoms with Crippen molar-refractivity contribution in [3.05, 3.63) is 48.0 Å². The van der Waals surface area contributed by atoms with Gasteiger partial charge in [-0.05, 0) is 66.9 Å². The van der Waals surface area contributed by atoms with Crippen molar-refractivity contribution >= 4 is 40.3 Å². The lowest BCUT2D eigenvalue weighted by Gasteiger charge is -2.28. The summed E-state index contributed by atoms with van der Waals surface area (Å²) in [6, 6.07) is 13.9. The number of hydrogen-bond donors (Lipinski definition) is 2. The predicted molar refractivity (Wildman–Crippen MR) is 120 cm³/mol. The van der Waals surface area contributed by atoms with Gasteiger partial charge in [0, 0.05) is 24.3 Å². The van der Waals surface area contributed by atoms with Crippen molar-refractivity contribution in [2.45, 2.75) is 39.0 Å². The van der Waals surface area contributed by atoms with E-state index < -0.39 is 0 Å². The first-order valence-electron chi connectivity index (χ1n) is 9.64. The van der Waals surface area contributed by atoms with Crippen LogP contribution in [0.3, 0.4) is 0 Å². The smallest absolute Gasteiger partial charge is 0.227 e. The highest BCUT2D eigenvalue weighted by atomic mass is 32.1. The Labute approximate surface area is 172 Å². The second-order valence-corrected chi connectivity index (χ2v) is 7.65. The summed E-state index contributed by atoms with van der Waals surface area (Å²) in [7, 11) is 1.62. The van der Waals surface area contributed by atoms with Gasteiger partial charge in [-0.15, -0.1) is 0 Å². The third kappa shape index (κ3) is 4.81. The molecule has 0 spiro atoms. The van der Waals surface area contributed by atoms with Crippen molar-refractivity contribution in [3.8, 4) is 5.75 Å². The lowest BCUT2D eigenvalue weighted by Crippen LogP contribution is -2.35. The maximum absolute atomic E-state index is 12.3. The van der Waals surface area contributed by atoms with Crippen LogP contribution in [0.2, 0.25) is 0 Å². The van der Waals surface area contributed by atoms with Crippen LogP contribution in [0.1, 0.15) is 44.6 Å². The van der Waals surface area contributed by atoms with Crippen molar-refractivity contribution in [1.29, 1.82) is 0 Å². The van der Waals surface area contributed by atoms with Crippen molar-refractivity contribution < 1.29 is 9.53 Å². The average molecular weight is 398 g/mol. The number of nitrogens with one attached hydrogen (secondary N) is 2. The normalized spacial score (nSPS) is 14.1. The molecule has 0 bridgehead atoms. The van der Waals surface area contributed by atoms with Gasteiger partial charge in [-0.2, -0.15) is 0 Å². The van der Waals surface area contributed by atoms with Gasteiger partial charge >= 0.3 is 0 Å². The summed E-state index contributed by atoms with van der Waals surface area (Å²) >= 11 is 5.45. The summed E-state index contributed by atoms with van der Waals surface area (Å²) in [5, 5.41) is 6.90. The van der Waals surface area contributed by atoms with E-state index in [9.17, 15) is 4.79 Å². The fourth-order valence-electron chi connectivity index (χ4n) is 3.28. The molecule has 0 aliphatic carbocycles. The molecular formula is C22H27N3O2S. The molecule has 1 aliphatic heterocycles. The number of amides is 1. The summed E-state index contributed by atoms with van der Waals surface area (Å²) in [4.78, 5) is 14.1. The highest BCUT2D eigenvalue weighted by Gasteiger charge is 2.23. The Bertz CT molecular complexity index is 849. The van der Waals surface area contributed by atoms with Crippen molar-refractivity contribution in [2.75, 3.05) is 29.2 Å². The van der Waals surface area contributed by atoms with Gasteiger partial charge in [0.2, 0.25) is 5.91 Å². The van der Waals surface area contributed by atoms with Crippen molar-refractivity contribution in [2.24, 2.45) is 0 Å². The summed E-state index contributed by atoms with van der Waals surface area (Å²) in [5.41, 5.74) is 3.81. The van der Waals surface area contributed by atoms with Gasteiger partial charge in [-0.3, -0.25) is 4.79 Å². The van der Waals surface area contributed by atoms with Crippen LogP contribution in [0, 0.1) is 0 Å². The number of methoxy groups -OCH3 is 1. The van der Waals surface area contributed by atoms with E-state index >= 15 is 0 Å². The molecule has 0 aromatic heterocycles. The summed E-state index contributed by atoms with van der Waals surface area (Å²) in [5.74, 6) is 1.31. The molecule has 2 N–H and O–H groups in total. The monoisotopic (exact) mass is 397 g/mol. The first-order chi connectivity index (χ1) is 13.5. The van der Waals surface area contributed by atoms with Crippen molar-refractivity contribution in [1.82, 2.24) is 0 Å². The van der Waals surface area contributed by atoms with Gasteiger partial charge in [0.15, 0.2) is 5.11 Å². The lowest BCUT2D eigenvalue weighted by molar-refractivity contribution is -0.119. The van der Waals surface area contributed by atoms with Crippen LogP contribution >= 0.6 is 12.2 Å². The van der Waals surface area contributed by atoms with E-state index in [4.69, 9.17) is 17.0 Å². The second kappa shape index (κ2) is 9.06. The Morgan fingerprint density at radius 1 is 1.07 bits per heavy atom. The fourth-order valence-corrected chi connectivity index (χ4v) is 3.52. The van der Waals surface area contributed by atoms with Gasteiger partial charge < -0.3 is 20.3 Å². The van der Waals surface area contributed by atoms with E-state index in [1.807, 2.05) is 30.3 Å². The van der Waals surface area contributed by atoms with Crippen LogP contribution in [0.4, 0.5) is 17.1 Å². The fraction of sp³-hybridized carbons (Fsp3) is 0.364. The summed E-state index contributed by atoms with van der Waals surface area (Å²) in [6.07, 6.45) is 2.52. The Morgan fingerprint density at radius 2 is 1.75 bits per heavy atom. The Kier molecular flexibility index (Phi) is 6.52. The van der Waals surface area contributed by atoms with E-state index in [0.717, 1.165) is 29.9 Å². The number of carbonyl (C=O) groups is 1. The van der Waals surface area contributed by atoms with Crippen LogP contribution in [0.5, 0.6) is 5.75 Å². The van der Waals surface area contributed by atoms with Gasteiger partial charge in [0.1, 0.15) is 5.75 Å². The zero-order valence-corrected chi connectivity index (χ0v) is 17.4. The maximum atomic E-state index is 12.3. The van der Waals surface area contributed by atoms with E-state index in [1.165, 1.54) is 5.56 Å². The molecule has 0 radical (unpaired) electrons. The molecule has 5 nitrogen and oxygen atoms in total. The quantitative estimate of drug-likeness (QED) is 0.684. The molecule has 1 amide bonds. The SMILES string of the molecule is COc1ccc(NC(=S)Nc2ccc(C(C)C)cc2)cc1N1CCCCC1=O. The third-order valence-corrected chi connectivity index (χ3v) is 5.09. The van der Waals surface area contributed by atoms with E-state index in [0.29, 0.717) is 29.7 Å². The first-order valence-corrected chi connectivity index (χ1v) is 10.0. The highest BCUT2D eigenvalue weighted by molar-refractivity contribution is 7.80.